The summed E-state index contributed by atoms with van der Waals surface area (Å²) in [6.45, 7) is 14.6. The Morgan fingerprint density at radius 3 is 1.91 bits per heavy atom. The molecule has 0 saturated heterocycles. The first-order chi connectivity index (χ1) is 16.4. The maximum atomic E-state index is 6.34. The second-order valence-electron chi connectivity index (χ2n) is 10.0. The Morgan fingerprint density at radius 2 is 1.24 bits per heavy atom. The van der Waals surface area contributed by atoms with Gasteiger partial charge in [-0.1, -0.05) is 94.1 Å². The summed E-state index contributed by atoms with van der Waals surface area (Å²) >= 11 is 0. The molecule has 0 aromatic heterocycles. The van der Waals surface area contributed by atoms with Gasteiger partial charge in [-0.25, -0.2) is 0 Å². The van der Waals surface area contributed by atoms with Gasteiger partial charge < -0.3 is 9.47 Å². The molecule has 2 atom stereocenters. The molecule has 0 aliphatic heterocycles. The predicted molar refractivity (Wildman–Crippen MR) is 146 cm³/mol. The first-order valence-electron chi connectivity index (χ1n) is 12.7. The SMILES string of the molecule is CCC(C)COc1ccc(-c2cc3cc(C)ccc3c3ccc(C)cc23)cc1OCC(C)CC. The molecule has 0 N–H and O–H groups in total. The summed E-state index contributed by atoms with van der Waals surface area (Å²) < 4.78 is 12.5. The number of benzene rings is 4. The molecule has 0 amide bonds. The number of ether oxygens (including phenoxy) is 2. The Bertz CT molecular complexity index is 1290. The average Bonchev–Trinajstić information content (AvgIpc) is 2.85. The van der Waals surface area contributed by atoms with Crippen LogP contribution in [0.15, 0.2) is 60.7 Å². The Labute approximate surface area is 204 Å². The van der Waals surface area contributed by atoms with Gasteiger partial charge in [0.15, 0.2) is 11.5 Å². The molecule has 0 spiro atoms. The van der Waals surface area contributed by atoms with E-state index in [-0.39, 0.29) is 0 Å². The molecule has 0 saturated carbocycles. The first kappa shape index (κ1) is 24.1. The van der Waals surface area contributed by atoms with E-state index in [4.69, 9.17) is 9.47 Å². The van der Waals surface area contributed by atoms with Crippen molar-refractivity contribution in [1.29, 1.82) is 0 Å². The molecule has 34 heavy (non-hydrogen) atoms. The molecule has 0 aliphatic carbocycles. The predicted octanol–water partition coefficient (Wildman–Crippen LogP) is 9.13. The van der Waals surface area contributed by atoms with Gasteiger partial charge in [0.1, 0.15) is 0 Å². The number of fused-ring (bicyclic) bond motifs is 3. The summed E-state index contributed by atoms with van der Waals surface area (Å²) in [6.07, 6.45) is 2.19. The zero-order valence-corrected chi connectivity index (χ0v) is 21.6. The molecular formula is C32H38O2. The summed E-state index contributed by atoms with van der Waals surface area (Å²) in [4.78, 5) is 0. The van der Waals surface area contributed by atoms with Gasteiger partial charge in [-0.2, -0.15) is 0 Å². The van der Waals surface area contributed by atoms with Crippen LogP contribution in [0, 0.1) is 25.7 Å². The van der Waals surface area contributed by atoms with Gasteiger partial charge >= 0.3 is 0 Å². The van der Waals surface area contributed by atoms with E-state index in [1.807, 2.05) is 0 Å². The minimum atomic E-state index is 0.498. The number of aryl methyl sites for hydroxylation is 2. The summed E-state index contributed by atoms with van der Waals surface area (Å²) in [5.41, 5.74) is 4.94. The van der Waals surface area contributed by atoms with E-state index in [0.29, 0.717) is 25.0 Å². The van der Waals surface area contributed by atoms with Gasteiger partial charge in [0, 0.05) is 0 Å². The fourth-order valence-corrected chi connectivity index (χ4v) is 4.24. The van der Waals surface area contributed by atoms with Crippen LogP contribution >= 0.6 is 0 Å². The zero-order valence-electron chi connectivity index (χ0n) is 21.6. The van der Waals surface area contributed by atoms with E-state index in [0.717, 1.165) is 29.9 Å². The third-order valence-electron chi connectivity index (χ3n) is 6.96. The van der Waals surface area contributed by atoms with Crippen LogP contribution in [0.1, 0.15) is 51.7 Å². The summed E-state index contributed by atoms with van der Waals surface area (Å²) in [5, 5.41) is 5.13. The van der Waals surface area contributed by atoms with Gasteiger partial charge in [-0.15, -0.1) is 0 Å². The van der Waals surface area contributed by atoms with E-state index in [1.165, 1.54) is 38.2 Å². The molecule has 4 aromatic carbocycles. The highest BCUT2D eigenvalue weighted by molar-refractivity contribution is 6.14. The van der Waals surface area contributed by atoms with Gasteiger partial charge in [-0.3, -0.25) is 0 Å². The fraction of sp³-hybridized carbons (Fsp3) is 0.375. The van der Waals surface area contributed by atoms with Crippen LogP contribution in [-0.2, 0) is 0 Å². The molecule has 0 fully saturated rings. The quantitative estimate of drug-likeness (QED) is 0.235. The average molecular weight is 455 g/mol. The van der Waals surface area contributed by atoms with Crippen LogP contribution in [0.5, 0.6) is 11.5 Å². The molecule has 2 unspecified atom stereocenters. The van der Waals surface area contributed by atoms with Crippen molar-refractivity contribution in [3.8, 4) is 22.6 Å². The molecule has 0 radical (unpaired) electrons. The molecule has 4 rings (SSSR count). The lowest BCUT2D eigenvalue weighted by Crippen LogP contribution is -2.11. The second kappa shape index (κ2) is 10.5. The fourth-order valence-electron chi connectivity index (χ4n) is 4.24. The maximum absolute atomic E-state index is 6.34. The molecule has 178 valence electrons. The molecular weight excluding hydrogens is 416 g/mol. The summed E-state index contributed by atoms with van der Waals surface area (Å²) in [7, 11) is 0. The highest BCUT2D eigenvalue weighted by Gasteiger charge is 2.14. The standard InChI is InChI=1S/C32H38O2/c1-7-21(3)19-33-31-14-11-25(18-32(31)34-20-22(4)8-2)29-17-26-15-23(5)9-12-27(26)28-13-10-24(6)16-30(28)29/h9-18,21-22H,7-8,19-20H2,1-6H3. The van der Waals surface area contributed by atoms with Crippen molar-refractivity contribution in [2.75, 3.05) is 13.2 Å². The zero-order chi connectivity index (χ0) is 24.2. The van der Waals surface area contributed by atoms with Crippen LogP contribution in [-0.4, -0.2) is 13.2 Å². The molecule has 0 aliphatic rings. The molecule has 0 heterocycles. The molecule has 2 heteroatoms. The summed E-state index contributed by atoms with van der Waals surface area (Å²) in [5.74, 6) is 2.69. The number of hydrogen-bond donors (Lipinski definition) is 0. The van der Waals surface area contributed by atoms with E-state index in [2.05, 4.69) is 102 Å². The summed E-state index contributed by atoms with van der Waals surface area (Å²) in [6, 6.07) is 22.3. The Kier molecular flexibility index (Phi) is 7.46. The topological polar surface area (TPSA) is 18.5 Å². The normalized spacial score (nSPS) is 13.2. The van der Waals surface area contributed by atoms with Crippen molar-refractivity contribution in [2.45, 2.75) is 54.4 Å². The van der Waals surface area contributed by atoms with Crippen molar-refractivity contribution in [2.24, 2.45) is 11.8 Å². The number of rotatable bonds is 9. The lowest BCUT2D eigenvalue weighted by atomic mass is 9.91. The van der Waals surface area contributed by atoms with Gasteiger partial charge in [-0.05, 0) is 76.6 Å². The van der Waals surface area contributed by atoms with Crippen LogP contribution in [0.4, 0.5) is 0 Å². The van der Waals surface area contributed by atoms with Crippen molar-refractivity contribution < 1.29 is 9.47 Å². The van der Waals surface area contributed by atoms with Crippen molar-refractivity contribution in [1.82, 2.24) is 0 Å². The highest BCUT2D eigenvalue weighted by Crippen LogP contribution is 2.39. The van der Waals surface area contributed by atoms with E-state index in [9.17, 15) is 0 Å². The number of hydrogen-bond acceptors (Lipinski definition) is 2. The first-order valence-corrected chi connectivity index (χ1v) is 12.7. The Hall–Kier alpha value is -3.00. The highest BCUT2D eigenvalue weighted by atomic mass is 16.5. The second-order valence-corrected chi connectivity index (χ2v) is 10.0. The third-order valence-corrected chi connectivity index (χ3v) is 6.96. The van der Waals surface area contributed by atoms with Crippen LogP contribution in [0.3, 0.4) is 0 Å². The molecule has 4 aromatic rings. The smallest absolute Gasteiger partial charge is 0.161 e. The Balaban J connectivity index is 1.85. The minimum absolute atomic E-state index is 0.498. The van der Waals surface area contributed by atoms with E-state index >= 15 is 0 Å². The Morgan fingerprint density at radius 1 is 0.618 bits per heavy atom. The minimum Gasteiger partial charge on any atom is -0.489 e. The van der Waals surface area contributed by atoms with Crippen molar-refractivity contribution in [3.63, 3.8) is 0 Å². The lowest BCUT2D eigenvalue weighted by molar-refractivity contribution is 0.218. The van der Waals surface area contributed by atoms with Gasteiger partial charge in [0.25, 0.3) is 0 Å². The molecule has 0 bridgehead atoms. The van der Waals surface area contributed by atoms with Gasteiger partial charge in [0.2, 0.25) is 0 Å². The third kappa shape index (κ3) is 5.22. The van der Waals surface area contributed by atoms with E-state index < -0.39 is 0 Å². The van der Waals surface area contributed by atoms with Crippen LogP contribution in [0.25, 0.3) is 32.7 Å². The maximum Gasteiger partial charge on any atom is 0.161 e. The lowest BCUT2D eigenvalue weighted by Gasteiger charge is -2.19. The largest absolute Gasteiger partial charge is 0.489 e. The van der Waals surface area contributed by atoms with Gasteiger partial charge in [0.05, 0.1) is 13.2 Å². The monoisotopic (exact) mass is 454 g/mol. The van der Waals surface area contributed by atoms with Crippen molar-refractivity contribution >= 4 is 21.5 Å². The molecule has 2 nitrogen and oxygen atoms in total. The van der Waals surface area contributed by atoms with Crippen LogP contribution < -0.4 is 9.47 Å². The van der Waals surface area contributed by atoms with Crippen LogP contribution in [0.2, 0.25) is 0 Å². The van der Waals surface area contributed by atoms with Crippen molar-refractivity contribution in [3.05, 3.63) is 71.8 Å². The van der Waals surface area contributed by atoms with E-state index in [1.54, 1.807) is 0 Å².